The van der Waals surface area contributed by atoms with Crippen molar-refractivity contribution in [1.29, 1.82) is 0 Å². The molecule has 1 aliphatic rings. The molecule has 290 valence electrons. The Bertz CT molecular complexity index is 1730. The summed E-state index contributed by atoms with van der Waals surface area (Å²) in [6.07, 6.45) is 5.59. The lowest BCUT2D eigenvalue weighted by Crippen LogP contribution is -2.60. The molecule has 7 heteroatoms. The molecule has 0 amide bonds. The molecule has 1 heterocycles. The van der Waals surface area contributed by atoms with Gasteiger partial charge in [0, 0.05) is 4.90 Å². The van der Waals surface area contributed by atoms with Crippen LogP contribution in [0.2, 0.25) is 0 Å². The van der Waals surface area contributed by atoms with Gasteiger partial charge in [0.2, 0.25) is 0 Å². The standard InChI is InChI=1S/C48H56O6S/c1-2-3-4-5-6-19-32-50-42-28-30-43(31-29-42)55-48-47(53-36-41-26-17-10-18-27-41)46(52-35-40-24-15-9-16-25-40)45(51-34-39-22-13-8-14-23-39)44(54-48)37-49-33-38-20-11-7-12-21-38/h7-18,20-31,44-48H,2-6,19,32-37H2,1H3/t44-,45-,46+,47-,48+/m1/s1. The molecule has 5 aromatic carbocycles. The molecular weight excluding hydrogens is 705 g/mol. The van der Waals surface area contributed by atoms with Crippen molar-refractivity contribution in [2.75, 3.05) is 13.2 Å². The number of rotatable bonds is 23. The van der Waals surface area contributed by atoms with Crippen LogP contribution in [-0.4, -0.2) is 43.1 Å². The summed E-state index contributed by atoms with van der Waals surface area (Å²) < 4.78 is 40.1. The Labute approximate surface area is 332 Å². The molecule has 6 nitrogen and oxygen atoms in total. The highest BCUT2D eigenvalue weighted by Crippen LogP contribution is 2.39. The molecule has 0 N–H and O–H groups in total. The van der Waals surface area contributed by atoms with Crippen molar-refractivity contribution in [3.8, 4) is 5.75 Å². The molecule has 0 radical (unpaired) electrons. The van der Waals surface area contributed by atoms with Gasteiger partial charge in [-0.15, -0.1) is 0 Å². The summed E-state index contributed by atoms with van der Waals surface area (Å²) in [5, 5.41) is 0. The van der Waals surface area contributed by atoms with Crippen LogP contribution in [0.15, 0.2) is 150 Å². The van der Waals surface area contributed by atoms with Crippen LogP contribution in [0.5, 0.6) is 5.75 Å². The lowest BCUT2D eigenvalue weighted by atomic mass is 9.98. The minimum atomic E-state index is -0.477. The molecule has 5 aromatic rings. The largest absolute Gasteiger partial charge is 0.494 e. The molecule has 6 rings (SSSR count). The Kier molecular flexibility index (Phi) is 17.2. The highest BCUT2D eigenvalue weighted by molar-refractivity contribution is 7.99. The van der Waals surface area contributed by atoms with Crippen LogP contribution in [0.4, 0.5) is 0 Å². The summed E-state index contributed by atoms with van der Waals surface area (Å²) in [7, 11) is 0. The van der Waals surface area contributed by atoms with E-state index in [0.717, 1.165) is 45.9 Å². The van der Waals surface area contributed by atoms with Gasteiger partial charge in [0.25, 0.3) is 0 Å². The zero-order chi connectivity index (χ0) is 37.8. The van der Waals surface area contributed by atoms with E-state index in [2.05, 4.69) is 79.7 Å². The minimum Gasteiger partial charge on any atom is -0.494 e. The number of thioether (sulfide) groups is 1. The maximum absolute atomic E-state index is 7.04. The van der Waals surface area contributed by atoms with E-state index in [4.69, 9.17) is 28.4 Å². The monoisotopic (exact) mass is 760 g/mol. The Morgan fingerprint density at radius 1 is 0.491 bits per heavy atom. The van der Waals surface area contributed by atoms with Gasteiger partial charge in [0.05, 0.1) is 39.6 Å². The number of hydrogen-bond acceptors (Lipinski definition) is 7. The Morgan fingerprint density at radius 2 is 0.964 bits per heavy atom. The van der Waals surface area contributed by atoms with Crippen LogP contribution < -0.4 is 4.74 Å². The van der Waals surface area contributed by atoms with Crippen LogP contribution in [0.25, 0.3) is 0 Å². The molecule has 0 aliphatic carbocycles. The van der Waals surface area contributed by atoms with E-state index in [1.165, 1.54) is 32.1 Å². The molecule has 0 aromatic heterocycles. The molecule has 55 heavy (non-hydrogen) atoms. The zero-order valence-corrected chi connectivity index (χ0v) is 32.9. The first-order chi connectivity index (χ1) is 27.2. The highest BCUT2D eigenvalue weighted by atomic mass is 32.2. The van der Waals surface area contributed by atoms with E-state index >= 15 is 0 Å². The lowest BCUT2D eigenvalue weighted by molar-refractivity contribution is -0.254. The van der Waals surface area contributed by atoms with Gasteiger partial charge in [0.15, 0.2) is 0 Å². The molecule has 0 bridgehead atoms. The van der Waals surface area contributed by atoms with E-state index in [0.29, 0.717) is 33.0 Å². The molecule has 0 unspecified atom stereocenters. The fourth-order valence-corrected chi connectivity index (χ4v) is 7.79. The summed E-state index contributed by atoms with van der Waals surface area (Å²) in [4.78, 5) is 1.06. The van der Waals surface area contributed by atoms with Gasteiger partial charge in [0.1, 0.15) is 35.6 Å². The van der Waals surface area contributed by atoms with Crippen LogP contribution in [0.1, 0.15) is 67.7 Å². The predicted molar refractivity (Wildman–Crippen MR) is 221 cm³/mol. The van der Waals surface area contributed by atoms with E-state index in [1.807, 2.05) is 72.8 Å². The fraction of sp³-hybridized carbons (Fsp3) is 0.375. The van der Waals surface area contributed by atoms with Crippen molar-refractivity contribution in [2.24, 2.45) is 0 Å². The lowest BCUT2D eigenvalue weighted by Gasteiger charge is -2.46. The second-order valence-corrected chi connectivity index (χ2v) is 15.2. The number of ether oxygens (including phenoxy) is 6. The predicted octanol–water partition coefficient (Wildman–Crippen LogP) is 11.2. The van der Waals surface area contributed by atoms with Gasteiger partial charge in [-0.3, -0.25) is 0 Å². The molecule has 0 saturated carbocycles. The van der Waals surface area contributed by atoms with Crippen molar-refractivity contribution in [3.63, 3.8) is 0 Å². The van der Waals surface area contributed by atoms with E-state index in [9.17, 15) is 0 Å². The molecule has 1 fully saturated rings. The average molecular weight is 761 g/mol. The third-order valence-electron chi connectivity index (χ3n) is 9.68. The molecule has 1 saturated heterocycles. The van der Waals surface area contributed by atoms with Crippen LogP contribution in [0.3, 0.4) is 0 Å². The normalized spacial score (nSPS) is 19.6. The van der Waals surface area contributed by atoms with Gasteiger partial charge in [-0.25, -0.2) is 0 Å². The summed E-state index contributed by atoms with van der Waals surface area (Å²) in [6, 6.07) is 49.3. The van der Waals surface area contributed by atoms with E-state index < -0.39 is 29.9 Å². The van der Waals surface area contributed by atoms with Crippen molar-refractivity contribution in [3.05, 3.63) is 168 Å². The minimum absolute atomic E-state index is 0.327. The summed E-state index contributed by atoms with van der Waals surface area (Å²) in [5.41, 5.74) is 3.92. The maximum atomic E-state index is 7.04. The van der Waals surface area contributed by atoms with Crippen LogP contribution >= 0.6 is 11.8 Å². The van der Waals surface area contributed by atoms with Gasteiger partial charge >= 0.3 is 0 Å². The van der Waals surface area contributed by atoms with Gasteiger partial charge in [-0.2, -0.15) is 0 Å². The molecule has 5 atom stereocenters. The first-order valence-electron chi connectivity index (χ1n) is 19.9. The highest BCUT2D eigenvalue weighted by Gasteiger charge is 2.49. The van der Waals surface area contributed by atoms with Gasteiger partial charge in [-0.05, 0) is 52.9 Å². The summed E-state index contributed by atoms with van der Waals surface area (Å²) in [6.45, 7) is 4.99. The summed E-state index contributed by atoms with van der Waals surface area (Å²) in [5.74, 6) is 0.880. The quantitative estimate of drug-likeness (QED) is 0.0615. The number of unbranched alkanes of at least 4 members (excludes halogenated alkanes) is 5. The van der Waals surface area contributed by atoms with Gasteiger partial charge in [-0.1, -0.05) is 172 Å². The Morgan fingerprint density at radius 3 is 1.51 bits per heavy atom. The number of hydrogen-bond donors (Lipinski definition) is 0. The van der Waals surface area contributed by atoms with Crippen molar-refractivity contribution >= 4 is 11.8 Å². The number of benzene rings is 5. The Hall–Kier alpha value is -3.95. The first-order valence-corrected chi connectivity index (χ1v) is 20.8. The first kappa shape index (κ1) is 40.7. The van der Waals surface area contributed by atoms with Crippen molar-refractivity contribution in [1.82, 2.24) is 0 Å². The fourth-order valence-electron chi connectivity index (χ4n) is 6.66. The van der Waals surface area contributed by atoms with Crippen molar-refractivity contribution < 1.29 is 28.4 Å². The smallest absolute Gasteiger partial charge is 0.137 e. The second-order valence-electron chi connectivity index (χ2n) is 14.0. The second kappa shape index (κ2) is 23.2. The molecule has 0 spiro atoms. The SMILES string of the molecule is CCCCCCCCOc1ccc(S[C@@H]2O[C@H](COCc3ccccc3)[C@@H](OCc3ccccc3)[C@H](OCc3ccccc3)[C@H]2OCc2ccccc2)cc1. The maximum Gasteiger partial charge on any atom is 0.137 e. The van der Waals surface area contributed by atoms with Crippen LogP contribution in [0, 0.1) is 0 Å². The third kappa shape index (κ3) is 13.6. The molecular formula is C48H56O6S. The van der Waals surface area contributed by atoms with E-state index in [1.54, 1.807) is 11.8 Å². The molecule has 1 aliphatic heterocycles. The zero-order valence-electron chi connectivity index (χ0n) is 32.1. The topological polar surface area (TPSA) is 55.4 Å². The van der Waals surface area contributed by atoms with Gasteiger partial charge < -0.3 is 28.4 Å². The average Bonchev–Trinajstić information content (AvgIpc) is 3.24. The Balaban J connectivity index is 1.24. The van der Waals surface area contributed by atoms with E-state index in [-0.39, 0.29) is 0 Å². The van der Waals surface area contributed by atoms with Crippen LogP contribution in [-0.2, 0) is 50.1 Å². The van der Waals surface area contributed by atoms with Crippen molar-refractivity contribution in [2.45, 2.75) is 107 Å². The summed E-state index contributed by atoms with van der Waals surface area (Å²) >= 11 is 1.64. The third-order valence-corrected chi connectivity index (χ3v) is 10.8.